The number of nitrogens with zero attached hydrogens (tertiary/aromatic N) is 1. The van der Waals surface area contributed by atoms with Gasteiger partial charge in [0.1, 0.15) is 5.60 Å². The SMILES string of the molecule is CCOC(=O)C=CCCC1CCN(C(=O)OC(C)(C)C)CC1. The van der Waals surface area contributed by atoms with Crippen LogP contribution in [-0.4, -0.2) is 42.3 Å². The Morgan fingerprint density at radius 3 is 2.41 bits per heavy atom. The zero-order valence-electron chi connectivity index (χ0n) is 14.3. The summed E-state index contributed by atoms with van der Waals surface area (Å²) in [5.41, 5.74) is -0.439. The third-order valence-corrected chi connectivity index (χ3v) is 3.55. The fraction of sp³-hybridized carbons (Fsp3) is 0.765. The highest BCUT2D eigenvalue weighted by Gasteiger charge is 2.26. The lowest BCUT2D eigenvalue weighted by Gasteiger charge is -2.33. The summed E-state index contributed by atoms with van der Waals surface area (Å²) < 4.78 is 10.2. The number of amides is 1. The first-order chi connectivity index (χ1) is 10.3. The number of piperidine rings is 1. The number of ether oxygens (including phenoxy) is 2. The van der Waals surface area contributed by atoms with Crippen LogP contribution in [0.1, 0.15) is 53.4 Å². The largest absolute Gasteiger partial charge is 0.463 e. The van der Waals surface area contributed by atoms with E-state index in [9.17, 15) is 9.59 Å². The van der Waals surface area contributed by atoms with Crippen LogP contribution in [0.3, 0.4) is 0 Å². The van der Waals surface area contributed by atoms with Crippen LogP contribution in [0, 0.1) is 5.92 Å². The van der Waals surface area contributed by atoms with Crippen molar-refractivity contribution in [2.75, 3.05) is 19.7 Å². The van der Waals surface area contributed by atoms with Gasteiger partial charge in [0.25, 0.3) is 0 Å². The van der Waals surface area contributed by atoms with E-state index in [-0.39, 0.29) is 12.1 Å². The average Bonchev–Trinajstić information content (AvgIpc) is 2.43. The van der Waals surface area contributed by atoms with E-state index in [1.165, 1.54) is 6.08 Å². The lowest BCUT2D eigenvalue weighted by molar-refractivity contribution is -0.137. The van der Waals surface area contributed by atoms with E-state index < -0.39 is 5.60 Å². The summed E-state index contributed by atoms with van der Waals surface area (Å²) in [6.45, 7) is 9.35. The number of esters is 1. The van der Waals surface area contributed by atoms with Crippen molar-refractivity contribution in [3.63, 3.8) is 0 Å². The number of allylic oxidation sites excluding steroid dienone is 1. The number of carbonyl (C=O) groups is 2. The Bertz CT molecular complexity index is 390. The third-order valence-electron chi connectivity index (χ3n) is 3.55. The standard InChI is InChI=1S/C17H29NO4/c1-5-21-15(19)9-7-6-8-14-10-12-18(13-11-14)16(20)22-17(2,3)4/h7,9,14H,5-6,8,10-13H2,1-4H3. The second kappa shape index (κ2) is 8.81. The second-order valence-electron chi connectivity index (χ2n) is 6.64. The molecule has 1 amide bonds. The van der Waals surface area contributed by atoms with Crippen molar-refractivity contribution in [2.45, 2.75) is 59.0 Å². The molecule has 0 unspecified atom stereocenters. The summed E-state index contributed by atoms with van der Waals surface area (Å²) in [5.74, 6) is 0.327. The Morgan fingerprint density at radius 2 is 1.86 bits per heavy atom. The predicted molar refractivity (Wildman–Crippen MR) is 85.5 cm³/mol. The number of hydrogen-bond donors (Lipinski definition) is 0. The van der Waals surface area contributed by atoms with Crippen molar-refractivity contribution in [1.82, 2.24) is 4.90 Å². The van der Waals surface area contributed by atoms with Gasteiger partial charge in [-0.25, -0.2) is 9.59 Å². The predicted octanol–water partition coefficient (Wildman–Crippen LogP) is 3.53. The van der Waals surface area contributed by atoms with Crippen molar-refractivity contribution in [2.24, 2.45) is 5.92 Å². The van der Waals surface area contributed by atoms with Gasteiger partial charge in [0.05, 0.1) is 6.61 Å². The lowest BCUT2D eigenvalue weighted by Crippen LogP contribution is -2.41. The first-order valence-electron chi connectivity index (χ1n) is 8.13. The van der Waals surface area contributed by atoms with Crippen LogP contribution in [0.4, 0.5) is 4.79 Å². The molecule has 0 aromatic heterocycles. The molecule has 5 heteroatoms. The van der Waals surface area contributed by atoms with Crippen LogP contribution >= 0.6 is 0 Å². The summed E-state index contributed by atoms with van der Waals surface area (Å²) in [6.07, 6.45) is 7.05. The zero-order valence-corrected chi connectivity index (χ0v) is 14.3. The van der Waals surface area contributed by atoms with Crippen LogP contribution in [-0.2, 0) is 14.3 Å². The monoisotopic (exact) mass is 311 g/mol. The quantitative estimate of drug-likeness (QED) is 0.575. The molecule has 0 N–H and O–H groups in total. The lowest BCUT2D eigenvalue weighted by atomic mass is 9.92. The molecule has 0 aliphatic carbocycles. The van der Waals surface area contributed by atoms with E-state index >= 15 is 0 Å². The van der Waals surface area contributed by atoms with Gasteiger partial charge >= 0.3 is 12.1 Å². The summed E-state index contributed by atoms with van der Waals surface area (Å²) in [4.78, 5) is 24.9. The summed E-state index contributed by atoms with van der Waals surface area (Å²) in [5, 5.41) is 0. The number of carbonyl (C=O) groups excluding carboxylic acids is 2. The Morgan fingerprint density at radius 1 is 1.23 bits per heavy atom. The van der Waals surface area contributed by atoms with E-state index in [2.05, 4.69) is 0 Å². The van der Waals surface area contributed by atoms with Crippen molar-refractivity contribution >= 4 is 12.1 Å². The minimum Gasteiger partial charge on any atom is -0.463 e. The molecular weight excluding hydrogens is 282 g/mol. The van der Waals surface area contributed by atoms with Gasteiger partial charge in [-0.2, -0.15) is 0 Å². The Hall–Kier alpha value is -1.52. The van der Waals surface area contributed by atoms with Crippen molar-refractivity contribution in [3.8, 4) is 0 Å². The van der Waals surface area contributed by atoms with Crippen LogP contribution in [0.25, 0.3) is 0 Å². The average molecular weight is 311 g/mol. The van der Waals surface area contributed by atoms with Gasteiger partial charge in [-0.05, 0) is 59.3 Å². The maximum Gasteiger partial charge on any atom is 0.410 e. The number of rotatable bonds is 5. The van der Waals surface area contributed by atoms with E-state index in [4.69, 9.17) is 9.47 Å². The van der Waals surface area contributed by atoms with Gasteiger partial charge in [-0.1, -0.05) is 6.08 Å². The van der Waals surface area contributed by atoms with E-state index in [1.807, 2.05) is 26.8 Å². The summed E-state index contributed by atoms with van der Waals surface area (Å²) in [7, 11) is 0. The molecule has 1 fully saturated rings. The highest BCUT2D eigenvalue weighted by atomic mass is 16.6. The fourth-order valence-corrected chi connectivity index (χ4v) is 2.43. The van der Waals surface area contributed by atoms with Gasteiger partial charge in [0.2, 0.25) is 0 Å². The van der Waals surface area contributed by atoms with Crippen molar-refractivity contribution < 1.29 is 19.1 Å². The molecule has 0 atom stereocenters. The van der Waals surface area contributed by atoms with Gasteiger partial charge in [-0.3, -0.25) is 0 Å². The first-order valence-corrected chi connectivity index (χ1v) is 8.13. The Labute approximate surface area is 133 Å². The Kier molecular flexibility index (Phi) is 7.42. The van der Waals surface area contributed by atoms with Crippen molar-refractivity contribution in [1.29, 1.82) is 0 Å². The van der Waals surface area contributed by atoms with Crippen LogP contribution < -0.4 is 0 Å². The molecule has 0 aromatic carbocycles. The molecule has 0 spiro atoms. The third kappa shape index (κ3) is 7.48. The molecule has 1 heterocycles. The van der Waals surface area contributed by atoms with Gasteiger partial charge in [-0.15, -0.1) is 0 Å². The van der Waals surface area contributed by atoms with Crippen LogP contribution in [0.5, 0.6) is 0 Å². The first kappa shape index (κ1) is 18.5. The van der Waals surface area contributed by atoms with Crippen LogP contribution in [0.2, 0.25) is 0 Å². The molecule has 1 aliphatic heterocycles. The summed E-state index contributed by atoms with van der Waals surface area (Å²) >= 11 is 0. The molecule has 1 rings (SSSR count). The Balaban J connectivity index is 2.23. The van der Waals surface area contributed by atoms with Gasteiger partial charge in [0.15, 0.2) is 0 Å². The molecular formula is C17H29NO4. The molecule has 1 aliphatic rings. The normalized spacial score (nSPS) is 16.8. The highest BCUT2D eigenvalue weighted by Crippen LogP contribution is 2.23. The molecule has 126 valence electrons. The number of likely N-dealkylation sites (tertiary alicyclic amines) is 1. The smallest absolute Gasteiger partial charge is 0.410 e. The van der Waals surface area contributed by atoms with E-state index in [0.29, 0.717) is 12.5 Å². The zero-order chi connectivity index (χ0) is 16.6. The topological polar surface area (TPSA) is 55.8 Å². The molecule has 0 radical (unpaired) electrons. The van der Waals surface area contributed by atoms with Gasteiger partial charge < -0.3 is 14.4 Å². The van der Waals surface area contributed by atoms with E-state index in [0.717, 1.165) is 38.8 Å². The molecule has 5 nitrogen and oxygen atoms in total. The molecule has 0 aromatic rings. The molecule has 0 bridgehead atoms. The number of hydrogen-bond acceptors (Lipinski definition) is 4. The summed E-state index contributed by atoms with van der Waals surface area (Å²) in [6, 6.07) is 0. The minimum atomic E-state index is -0.439. The van der Waals surface area contributed by atoms with Crippen molar-refractivity contribution in [3.05, 3.63) is 12.2 Å². The molecule has 1 saturated heterocycles. The van der Waals surface area contributed by atoms with Gasteiger partial charge in [0, 0.05) is 19.2 Å². The van der Waals surface area contributed by atoms with Crippen LogP contribution in [0.15, 0.2) is 12.2 Å². The second-order valence-corrected chi connectivity index (χ2v) is 6.64. The minimum absolute atomic E-state index is 0.215. The highest BCUT2D eigenvalue weighted by molar-refractivity contribution is 5.81. The maximum atomic E-state index is 12.0. The maximum absolute atomic E-state index is 12.0. The molecule has 22 heavy (non-hydrogen) atoms. The molecule has 0 saturated carbocycles. The fourth-order valence-electron chi connectivity index (χ4n) is 2.43. The van der Waals surface area contributed by atoms with E-state index in [1.54, 1.807) is 11.8 Å².